The first-order chi connectivity index (χ1) is 5.67. The van der Waals surface area contributed by atoms with Gasteiger partial charge in [0, 0.05) is 0 Å². The van der Waals surface area contributed by atoms with Crippen molar-refractivity contribution in [1.29, 1.82) is 0 Å². The van der Waals surface area contributed by atoms with Crippen LogP contribution < -0.4 is 5.32 Å². The molecule has 0 aromatic heterocycles. The Bertz CT molecular complexity index is 152. The van der Waals surface area contributed by atoms with E-state index in [0.29, 0.717) is 5.41 Å². The molecule has 1 aliphatic heterocycles. The molecule has 0 spiro atoms. The van der Waals surface area contributed by atoms with Crippen molar-refractivity contribution in [3.05, 3.63) is 12.2 Å². The van der Waals surface area contributed by atoms with Crippen LogP contribution in [-0.4, -0.2) is 13.1 Å². The van der Waals surface area contributed by atoms with Gasteiger partial charge in [-0.15, -0.1) is 0 Å². The molecule has 1 fully saturated rings. The Morgan fingerprint density at radius 1 is 1.50 bits per heavy atom. The molecule has 0 aromatic rings. The third-order valence-corrected chi connectivity index (χ3v) is 2.90. The predicted molar refractivity (Wildman–Crippen MR) is 54.2 cm³/mol. The molecular formula is C11H21N. The number of allylic oxidation sites excluding steroid dienone is 2. The SMILES string of the molecule is CC/C=C\C(C)(C)C1CCNC1. The second-order valence-electron chi connectivity index (χ2n) is 4.32. The molecule has 1 heteroatoms. The molecule has 1 aliphatic rings. The van der Waals surface area contributed by atoms with Crippen LogP contribution in [0.5, 0.6) is 0 Å². The molecule has 0 bridgehead atoms. The van der Waals surface area contributed by atoms with Crippen molar-refractivity contribution in [3.63, 3.8) is 0 Å². The topological polar surface area (TPSA) is 12.0 Å². The first-order valence-electron chi connectivity index (χ1n) is 5.05. The van der Waals surface area contributed by atoms with Crippen LogP contribution in [0.3, 0.4) is 0 Å². The summed E-state index contributed by atoms with van der Waals surface area (Å²) < 4.78 is 0. The summed E-state index contributed by atoms with van der Waals surface area (Å²) in [5, 5.41) is 3.42. The molecule has 12 heavy (non-hydrogen) atoms. The number of nitrogens with one attached hydrogen (secondary N) is 1. The summed E-state index contributed by atoms with van der Waals surface area (Å²) in [5.41, 5.74) is 0.388. The fourth-order valence-electron chi connectivity index (χ4n) is 1.85. The highest BCUT2D eigenvalue weighted by molar-refractivity contribution is 5.00. The van der Waals surface area contributed by atoms with Crippen LogP contribution in [-0.2, 0) is 0 Å². The van der Waals surface area contributed by atoms with Crippen molar-refractivity contribution in [2.75, 3.05) is 13.1 Å². The maximum atomic E-state index is 3.42. The zero-order valence-corrected chi connectivity index (χ0v) is 8.56. The summed E-state index contributed by atoms with van der Waals surface area (Å²) in [7, 11) is 0. The van der Waals surface area contributed by atoms with E-state index in [9.17, 15) is 0 Å². The highest BCUT2D eigenvalue weighted by Gasteiger charge is 2.28. The van der Waals surface area contributed by atoms with Crippen molar-refractivity contribution in [2.24, 2.45) is 11.3 Å². The van der Waals surface area contributed by atoms with Crippen LogP contribution in [0.1, 0.15) is 33.6 Å². The Labute approximate surface area is 76.2 Å². The zero-order valence-electron chi connectivity index (χ0n) is 8.56. The van der Waals surface area contributed by atoms with Crippen molar-refractivity contribution < 1.29 is 0 Å². The van der Waals surface area contributed by atoms with Gasteiger partial charge >= 0.3 is 0 Å². The second-order valence-corrected chi connectivity index (χ2v) is 4.32. The molecule has 1 unspecified atom stereocenters. The fraction of sp³-hybridized carbons (Fsp3) is 0.818. The van der Waals surface area contributed by atoms with E-state index in [4.69, 9.17) is 0 Å². The maximum absolute atomic E-state index is 3.42. The van der Waals surface area contributed by atoms with Crippen molar-refractivity contribution >= 4 is 0 Å². The summed E-state index contributed by atoms with van der Waals surface area (Å²) in [6.07, 6.45) is 7.16. The summed E-state index contributed by atoms with van der Waals surface area (Å²) in [4.78, 5) is 0. The van der Waals surface area contributed by atoms with Crippen molar-refractivity contribution in [2.45, 2.75) is 33.6 Å². The van der Waals surface area contributed by atoms with E-state index in [1.165, 1.54) is 19.5 Å². The second kappa shape index (κ2) is 4.08. The number of hydrogen-bond donors (Lipinski definition) is 1. The standard InChI is InChI=1S/C11H21N/c1-4-5-7-11(2,3)10-6-8-12-9-10/h5,7,10,12H,4,6,8-9H2,1-3H3/b7-5-. The average Bonchev–Trinajstić information content (AvgIpc) is 2.53. The minimum absolute atomic E-state index is 0.388. The molecule has 0 amide bonds. The molecule has 0 aliphatic carbocycles. The third kappa shape index (κ3) is 2.34. The van der Waals surface area contributed by atoms with E-state index in [1.807, 2.05) is 0 Å². The van der Waals surface area contributed by atoms with Gasteiger partial charge in [0.05, 0.1) is 0 Å². The smallest absolute Gasteiger partial charge is 0.00119 e. The minimum Gasteiger partial charge on any atom is -0.316 e. The highest BCUT2D eigenvalue weighted by atomic mass is 14.9. The molecular weight excluding hydrogens is 146 g/mol. The molecule has 1 heterocycles. The largest absolute Gasteiger partial charge is 0.316 e. The zero-order chi connectivity index (χ0) is 9.03. The summed E-state index contributed by atoms with van der Waals surface area (Å²) in [5.74, 6) is 0.834. The van der Waals surface area contributed by atoms with Gasteiger partial charge in [-0.25, -0.2) is 0 Å². The van der Waals surface area contributed by atoms with Gasteiger partial charge in [0.15, 0.2) is 0 Å². The van der Waals surface area contributed by atoms with Gasteiger partial charge in [0.25, 0.3) is 0 Å². The predicted octanol–water partition coefficient (Wildman–Crippen LogP) is 2.59. The van der Waals surface area contributed by atoms with Crippen LogP contribution in [0, 0.1) is 11.3 Å². The van der Waals surface area contributed by atoms with Crippen LogP contribution in [0.2, 0.25) is 0 Å². The number of hydrogen-bond acceptors (Lipinski definition) is 1. The maximum Gasteiger partial charge on any atom is -0.00119 e. The third-order valence-electron chi connectivity index (χ3n) is 2.90. The Morgan fingerprint density at radius 2 is 2.25 bits per heavy atom. The summed E-state index contributed by atoms with van der Waals surface area (Å²) in [6, 6.07) is 0. The minimum atomic E-state index is 0.388. The lowest BCUT2D eigenvalue weighted by Gasteiger charge is -2.27. The Balaban J connectivity index is 2.50. The fourth-order valence-corrected chi connectivity index (χ4v) is 1.85. The quantitative estimate of drug-likeness (QED) is 0.637. The van der Waals surface area contributed by atoms with Gasteiger partial charge in [-0.05, 0) is 37.3 Å². The molecule has 0 aromatic carbocycles. The first kappa shape index (κ1) is 9.79. The van der Waals surface area contributed by atoms with Gasteiger partial charge in [0.2, 0.25) is 0 Å². The van der Waals surface area contributed by atoms with Crippen LogP contribution >= 0.6 is 0 Å². The Hall–Kier alpha value is -0.300. The van der Waals surface area contributed by atoms with E-state index in [2.05, 4.69) is 38.2 Å². The van der Waals surface area contributed by atoms with Gasteiger partial charge in [-0.2, -0.15) is 0 Å². The molecule has 1 saturated heterocycles. The van der Waals surface area contributed by atoms with E-state index in [1.54, 1.807) is 0 Å². The van der Waals surface area contributed by atoms with Gasteiger partial charge in [-0.3, -0.25) is 0 Å². The molecule has 1 rings (SSSR count). The monoisotopic (exact) mass is 167 g/mol. The molecule has 1 N–H and O–H groups in total. The van der Waals surface area contributed by atoms with Crippen molar-refractivity contribution in [3.8, 4) is 0 Å². The van der Waals surface area contributed by atoms with Gasteiger partial charge < -0.3 is 5.32 Å². The van der Waals surface area contributed by atoms with Crippen molar-refractivity contribution in [1.82, 2.24) is 5.32 Å². The van der Waals surface area contributed by atoms with Gasteiger partial charge in [0.1, 0.15) is 0 Å². The average molecular weight is 167 g/mol. The lowest BCUT2D eigenvalue weighted by atomic mass is 9.78. The summed E-state index contributed by atoms with van der Waals surface area (Å²) in [6.45, 7) is 9.28. The Morgan fingerprint density at radius 3 is 2.75 bits per heavy atom. The lowest BCUT2D eigenvalue weighted by molar-refractivity contribution is 0.306. The molecule has 0 radical (unpaired) electrons. The normalized spacial score (nSPS) is 25.4. The van der Waals surface area contributed by atoms with Crippen LogP contribution in [0.15, 0.2) is 12.2 Å². The molecule has 70 valence electrons. The molecule has 0 saturated carbocycles. The van der Waals surface area contributed by atoms with E-state index < -0.39 is 0 Å². The first-order valence-corrected chi connectivity index (χ1v) is 5.05. The van der Waals surface area contributed by atoms with E-state index in [-0.39, 0.29) is 0 Å². The van der Waals surface area contributed by atoms with Crippen LogP contribution in [0.25, 0.3) is 0 Å². The summed E-state index contributed by atoms with van der Waals surface area (Å²) >= 11 is 0. The number of rotatable bonds is 3. The van der Waals surface area contributed by atoms with E-state index in [0.717, 1.165) is 12.3 Å². The van der Waals surface area contributed by atoms with Gasteiger partial charge in [-0.1, -0.05) is 32.9 Å². The Kier molecular flexibility index (Phi) is 3.33. The molecule has 1 atom stereocenters. The highest BCUT2D eigenvalue weighted by Crippen LogP contribution is 2.32. The van der Waals surface area contributed by atoms with Crippen LogP contribution in [0.4, 0.5) is 0 Å². The van der Waals surface area contributed by atoms with E-state index >= 15 is 0 Å². The molecule has 1 nitrogen and oxygen atoms in total. The lowest BCUT2D eigenvalue weighted by Crippen LogP contribution is -2.23.